The molecule has 0 amide bonds. The van der Waals surface area contributed by atoms with Crippen molar-refractivity contribution in [2.24, 2.45) is 0 Å². The van der Waals surface area contributed by atoms with Crippen LogP contribution in [0.1, 0.15) is 10.4 Å². The minimum absolute atomic E-state index is 0.104. The number of hydrogen-bond donors (Lipinski definition) is 0. The predicted molar refractivity (Wildman–Crippen MR) is 62.2 cm³/mol. The van der Waals surface area contributed by atoms with E-state index in [0.717, 1.165) is 12.1 Å². The van der Waals surface area contributed by atoms with Crippen molar-refractivity contribution < 1.29 is 13.6 Å². The zero-order valence-corrected chi connectivity index (χ0v) is 9.34. The van der Waals surface area contributed by atoms with Crippen molar-refractivity contribution in [2.45, 2.75) is 0 Å². The van der Waals surface area contributed by atoms with Gasteiger partial charge in [-0.05, 0) is 23.8 Å². The number of benzene rings is 2. The van der Waals surface area contributed by atoms with Crippen molar-refractivity contribution in [1.82, 2.24) is 0 Å². The summed E-state index contributed by atoms with van der Waals surface area (Å²) in [5.41, 5.74) is 1.37. The summed E-state index contributed by atoms with van der Waals surface area (Å²) >= 11 is 5.84. The van der Waals surface area contributed by atoms with Gasteiger partial charge >= 0.3 is 0 Å². The lowest BCUT2D eigenvalue weighted by Gasteiger charge is -2.06. The maximum absolute atomic E-state index is 13.1. The normalized spacial score (nSPS) is 10.3. The van der Waals surface area contributed by atoms with E-state index in [1.165, 1.54) is 0 Å². The first kappa shape index (κ1) is 11.7. The third kappa shape index (κ3) is 2.34. The van der Waals surface area contributed by atoms with Gasteiger partial charge in [0.2, 0.25) is 0 Å². The predicted octanol–water partition coefficient (Wildman–Crippen LogP) is 4.10. The highest BCUT2D eigenvalue weighted by Gasteiger charge is 2.10. The fourth-order valence-electron chi connectivity index (χ4n) is 1.52. The van der Waals surface area contributed by atoms with Crippen LogP contribution in [-0.2, 0) is 0 Å². The fourth-order valence-corrected chi connectivity index (χ4v) is 1.78. The molecule has 0 saturated heterocycles. The van der Waals surface area contributed by atoms with Gasteiger partial charge < -0.3 is 0 Å². The average Bonchev–Trinajstić information content (AvgIpc) is 2.34. The Balaban J connectivity index is 2.59. The zero-order chi connectivity index (χ0) is 12.4. The quantitative estimate of drug-likeness (QED) is 0.581. The van der Waals surface area contributed by atoms with E-state index in [9.17, 15) is 13.6 Å². The van der Waals surface area contributed by atoms with Gasteiger partial charge in [-0.25, -0.2) is 8.78 Å². The molecule has 0 spiro atoms. The Morgan fingerprint density at radius 1 is 1.06 bits per heavy atom. The van der Waals surface area contributed by atoms with Crippen LogP contribution < -0.4 is 0 Å². The first-order valence-corrected chi connectivity index (χ1v) is 5.20. The second kappa shape index (κ2) is 4.63. The third-order valence-electron chi connectivity index (χ3n) is 2.34. The summed E-state index contributed by atoms with van der Waals surface area (Å²) in [6, 6.07) is 8.43. The Morgan fingerprint density at radius 3 is 2.47 bits per heavy atom. The highest BCUT2D eigenvalue weighted by molar-refractivity contribution is 6.33. The second-order valence-electron chi connectivity index (χ2n) is 3.49. The van der Waals surface area contributed by atoms with Crippen LogP contribution in [0.4, 0.5) is 8.78 Å². The number of aldehydes is 1. The van der Waals surface area contributed by atoms with Crippen LogP contribution in [-0.4, -0.2) is 6.29 Å². The third-order valence-corrected chi connectivity index (χ3v) is 2.66. The van der Waals surface area contributed by atoms with E-state index >= 15 is 0 Å². The molecule has 2 aromatic rings. The van der Waals surface area contributed by atoms with Crippen LogP contribution in [0.25, 0.3) is 11.1 Å². The molecule has 4 heteroatoms. The summed E-state index contributed by atoms with van der Waals surface area (Å²) in [5, 5.41) is 0.104. The van der Waals surface area contributed by atoms with E-state index in [-0.39, 0.29) is 5.02 Å². The van der Waals surface area contributed by atoms with Gasteiger partial charge in [-0.1, -0.05) is 29.8 Å². The van der Waals surface area contributed by atoms with Crippen molar-refractivity contribution in [2.75, 3.05) is 0 Å². The minimum Gasteiger partial charge on any atom is -0.298 e. The van der Waals surface area contributed by atoms with Gasteiger partial charge in [0.15, 0.2) is 11.6 Å². The first-order valence-electron chi connectivity index (χ1n) is 4.82. The molecule has 0 radical (unpaired) electrons. The SMILES string of the molecule is O=Cc1cccc(-c2cc(F)c(F)cc2Cl)c1. The average molecular weight is 253 g/mol. The van der Waals surface area contributed by atoms with Crippen LogP contribution in [0, 0.1) is 11.6 Å². The molecule has 17 heavy (non-hydrogen) atoms. The molecule has 2 rings (SSSR count). The number of hydrogen-bond acceptors (Lipinski definition) is 1. The Labute approximate surface area is 102 Å². The number of halogens is 3. The summed E-state index contributed by atoms with van der Waals surface area (Å²) in [6.07, 6.45) is 0.678. The molecule has 2 aromatic carbocycles. The molecule has 0 atom stereocenters. The molecule has 0 bridgehead atoms. The first-order chi connectivity index (χ1) is 8.11. The monoisotopic (exact) mass is 252 g/mol. The topological polar surface area (TPSA) is 17.1 Å². The van der Waals surface area contributed by atoms with Gasteiger partial charge in [0.1, 0.15) is 6.29 Å². The maximum Gasteiger partial charge on any atom is 0.160 e. The highest BCUT2D eigenvalue weighted by Crippen LogP contribution is 2.30. The molecule has 1 nitrogen and oxygen atoms in total. The van der Waals surface area contributed by atoms with Crippen LogP contribution in [0.2, 0.25) is 5.02 Å². The highest BCUT2D eigenvalue weighted by atomic mass is 35.5. The Bertz CT molecular complexity index is 582. The molecule has 0 aliphatic rings. The van der Waals surface area contributed by atoms with Crippen LogP contribution in [0.5, 0.6) is 0 Å². The Hall–Kier alpha value is -1.74. The molecule has 0 saturated carbocycles. The van der Waals surface area contributed by atoms with Gasteiger partial charge in [0, 0.05) is 11.1 Å². The van der Waals surface area contributed by atoms with Crippen LogP contribution in [0.3, 0.4) is 0 Å². The molecule has 86 valence electrons. The van der Waals surface area contributed by atoms with E-state index in [1.807, 2.05) is 0 Å². The molecule has 0 unspecified atom stereocenters. The summed E-state index contributed by atoms with van der Waals surface area (Å²) in [7, 11) is 0. The van der Waals surface area contributed by atoms with E-state index in [4.69, 9.17) is 11.6 Å². The maximum atomic E-state index is 13.1. The fraction of sp³-hybridized carbons (Fsp3) is 0. The summed E-state index contributed by atoms with van der Waals surface area (Å²) in [5.74, 6) is -1.97. The molecule has 0 aliphatic carbocycles. The van der Waals surface area contributed by atoms with Crippen LogP contribution in [0.15, 0.2) is 36.4 Å². The van der Waals surface area contributed by atoms with E-state index in [2.05, 4.69) is 0 Å². The van der Waals surface area contributed by atoms with Crippen LogP contribution >= 0.6 is 11.6 Å². The lowest BCUT2D eigenvalue weighted by molar-refractivity contribution is 0.112. The van der Waals surface area contributed by atoms with Gasteiger partial charge in [0.25, 0.3) is 0 Å². The van der Waals surface area contributed by atoms with E-state index in [0.29, 0.717) is 23.0 Å². The molecule has 0 heterocycles. The molecule has 0 fully saturated rings. The van der Waals surface area contributed by atoms with Gasteiger partial charge in [-0.3, -0.25) is 4.79 Å². The lowest BCUT2D eigenvalue weighted by Crippen LogP contribution is -1.89. The molecular weight excluding hydrogens is 246 g/mol. The van der Waals surface area contributed by atoms with Crippen molar-refractivity contribution in [1.29, 1.82) is 0 Å². The van der Waals surface area contributed by atoms with Crippen molar-refractivity contribution >= 4 is 17.9 Å². The largest absolute Gasteiger partial charge is 0.298 e. The molecule has 0 aromatic heterocycles. The molecular formula is C13H7ClF2O. The minimum atomic E-state index is -0.995. The summed E-state index contributed by atoms with van der Waals surface area (Å²) in [4.78, 5) is 10.6. The molecule has 0 N–H and O–H groups in total. The standard InChI is InChI=1S/C13H7ClF2O/c14-11-6-13(16)12(15)5-10(11)9-3-1-2-8(4-9)7-17/h1-7H. The van der Waals surface area contributed by atoms with Gasteiger partial charge in [0.05, 0.1) is 5.02 Å². The lowest BCUT2D eigenvalue weighted by atomic mass is 10.0. The van der Waals surface area contributed by atoms with Crippen molar-refractivity contribution in [3.05, 3.63) is 58.6 Å². The van der Waals surface area contributed by atoms with Gasteiger partial charge in [-0.15, -0.1) is 0 Å². The second-order valence-corrected chi connectivity index (χ2v) is 3.90. The van der Waals surface area contributed by atoms with Crippen molar-refractivity contribution in [3.8, 4) is 11.1 Å². The smallest absolute Gasteiger partial charge is 0.160 e. The van der Waals surface area contributed by atoms with E-state index < -0.39 is 11.6 Å². The number of carbonyl (C=O) groups is 1. The van der Waals surface area contributed by atoms with Gasteiger partial charge in [-0.2, -0.15) is 0 Å². The Morgan fingerprint density at radius 2 is 1.76 bits per heavy atom. The molecule has 0 aliphatic heterocycles. The summed E-state index contributed by atoms with van der Waals surface area (Å²) < 4.78 is 26.0. The van der Waals surface area contributed by atoms with Crippen molar-refractivity contribution in [3.63, 3.8) is 0 Å². The Kier molecular flexibility index (Phi) is 3.20. The summed E-state index contributed by atoms with van der Waals surface area (Å²) in [6.45, 7) is 0. The van der Waals surface area contributed by atoms with E-state index in [1.54, 1.807) is 24.3 Å². The zero-order valence-electron chi connectivity index (χ0n) is 8.58. The number of rotatable bonds is 2. The number of carbonyl (C=O) groups excluding carboxylic acids is 1.